The first-order valence-corrected chi connectivity index (χ1v) is 9.58. The van der Waals surface area contributed by atoms with Gasteiger partial charge in [-0.05, 0) is 56.9 Å². The molecule has 3 atom stereocenters. The summed E-state index contributed by atoms with van der Waals surface area (Å²) in [7, 11) is 0. The number of carbonyl (C=O) groups is 3. The Hall–Kier alpha value is -2.47. The number of benzene rings is 1. The molecule has 4 rings (SSSR count). The van der Waals surface area contributed by atoms with Gasteiger partial charge >= 0.3 is 0 Å². The summed E-state index contributed by atoms with van der Waals surface area (Å²) >= 11 is 0. The highest BCUT2D eigenvalue weighted by Crippen LogP contribution is 2.39. The molecule has 0 unspecified atom stereocenters. The molecule has 0 radical (unpaired) electrons. The molecule has 2 aliphatic heterocycles. The number of nitrogens with one attached hydrogen (secondary N) is 1. The van der Waals surface area contributed by atoms with E-state index in [4.69, 9.17) is 4.74 Å². The van der Waals surface area contributed by atoms with E-state index >= 15 is 0 Å². The van der Waals surface area contributed by atoms with Crippen LogP contribution in [0.5, 0.6) is 0 Å². The number of anilines is 1. The number of ether oxygens (including phenoxy) is 1. The zero-order valence-electron chi connectivity index (χ0n) is 15.4. The zero-order valence-corrected chi connectivity index (χ0v) is 15.4. The maximum Gasteiger partial charge on any atom is 0.251 e. The third-order valence-corrected chi connectivity index (χ3v) is 5.72. The average Bonchev–Trinajstić information content (AvgIpc) is 3.27. The lowest BCUT2D eigenvalue weighted by molar-refractivity contribution is -0.122. The molecular formula is C21H24N2O4. The summed E-state index contributed by atoms with van der Waals surface area (Å²) in [5.74, 6) is -0.950. The monoisotopic (exact) mass is 368 g/mol. The first kappa shape index (κ1) is 17.9. The van der Waals surface area contributed by atoms with Crippen molar-refractivity contribution in [2.75, 3.05) is 18.1 Å². The van der Waals surface area contributed by atoms with Crippen LogP contribution in [0.1, 0.15) is 43.0 Å². The van der Waals surface area contributed by atoms with Gasteiger partial charge in [0.05, 0.1) is 23.6 Å². The minimum Gasteiger partial charge on any atom is -0.376 e. The number of carbonyl (C=O) groups excluding carboxylic acids is 3. The summed E-state index contributed by atoms with van der Waals surface area (Å²) in [6.45, 7) is 3.25. The Morgan fingerprint density at radius 1 is 1.19 bits per heavy atom. The van der Waals surface area contributed by atoms with E-state index < -0.39 is 0 Å². The number of hydrogen-bond acceptors (Lipinski definition) is 4. The number of fused-ring (bicyclic) bond motifs is 1. The molecule has 27 heavy (non-hydrogen) atoms. The fraction of sp³-hybridized carbons (Fsp3) is 0.476. The number of nitrogens with zero attached hydrogens (tertiary/aromatic N) is 1. The first-order chi connectivity index (χ1) is 13.0. The van der Waals surface area contributed by atoms with Crippen LogP contribution in [0, 0.1) is 11.8 Å². The molecule has 1 aliphatic carbocycles. The van der Waals surface area contributed by atoms with Crippen LogP contribution in [0.15, 0.2) is 35.9 Å². The van der Waals surface area contributed by atoms with Crippen LogP contribution in [0.4, 0.5) is 5.69 Å². The van der Waals surface area contributed by atoms with Gasteiger partial charge in [0.25, 0.3) is 5.91 Å². The van der Waals surface area contributed by atoms with Gasteiger partial charge < -0.3 is 10.1 Å². The second-order valence-corrected chi connectivity index (χ2v) is 7.61. The fourth-order valence-corrected chi connectivity index (χ4v) is 4.17. The molecule has 2 fully saturated rings. The summed E-state index contributed by atoms with van der Waals surface area (Å²) < 4.78 is 5.50. The Bertz CT molecular complexity index is 793. The SMILES string of the molecule is CC1=CC[C@@H]2C(=O)N(c3ccc(C(=O)NC[C@@H]4CCCO4)cc3)C(=O)[C@@H]2C1. The van der Waals surface area contributed by atoms with Gasteiger partial charge in [0.1, 0.15) is 0 Å². The minimum atomic E-state index is -0.254. The predicted octanol–water partition coefficient (Wildman–Crippen LogP) is 2.44. The molecular weight excluding hydrogens is 344 g/mol. The summed E-state index contributed by atoms with van der Waals surface area (Å²) in [6, 6.07) is 6.67. The average molecular weight is 368 g/mol. The van der Waals surface area contributed by atoms with E-state index in [1.54, 1.807) is 24.3 Å². The summed E-state index contributed by atoms with van der Waals surface area (Å²) in [4.78, 5) is 39.0. The minimum absolute atomic E-state index is 0.0912. The van der Waals surface area contributed by atoms with Crippen LogP contribution in [-0.4, -0.2) is 37.0 Å². The van der Waals surface area contributed by atoms with Crippen molar-refractivity contribution in [1.82, 2.24) is 5.32 Å². The summed E-state index contributed by atoms with van der Waals surface area (Å²) in [5, 5.41) is 2.87. The van der Waals surface area contributed by atoms with E-state index in [0.717, 1.165) is 25.0 Å². The molecule has 0 bridgehead atoms. The molecule has 2 saturated heterocycles. The van der Waals surface area contributed by atoms with E-state index in [9.17, 15) is 14.4 Å². The van der Waals surface area contributed by atoms with Gasteiger partial charge in [-0.15, -0.1) is 0 Å². The van der Waals surface area contributed by atoms with Crippen molar-refractivity contribution in [3.05, 3.63) is 41.5 Å². The number of allylic oxidation sites excluding steroid dienone is 2. The van der Waals surface area contributed by atoms with E-state index in [2.05, 4.69) is 11.4 Å². The predicted molar refractivity (Wildman–Crippen MR) is 100 cm³/mol. The highest BCUT2D eigenvalue weighted by atomic mass is 16.5. The van der Waals surface area contributed by atoms with Crippen LogP contribution in [0.3, 0.4) is 0 Å². The van der Waals surface area contributed by atoms with E-state index in [1.165, 1.54) is 4.90 Å². The van der Waals surface area contributed by atoms with Gasteiger partial charge in [0.15, 0.2) is 0 Å². The molecule has 1 aromatic rings. The fourth-order valence-electron chi connectivity index (χ4n) is 4.17. The maximum absolute atomic E-state index is 12.7. The molecule has 3 aliphatic rings. The van der Waals surface area contributed by atoms with Gasteiger partial charge in [0, 0.05) is 18.7 Å². The van der Waals surface area contributed by atoms with Crippen LogP contribution >= 0.6 is 0 Å². The molecule has 0 aromatic heterocycles. The Balaban J connectivity index is 1.43. The lowest BCUT2D eigenvalue weighted by Gasteiger charge is -2.18. The van der Waals surface area contributed by atoms with Gasteiger partial charge in [0.2, 0.25) is 11.8 Å². The topological polar surface area (TPSA) is 75.7 Å². The number of imide groups is 1. The molecule has 1 aromatic carbocycles. The quantitative estimate of drug-likeness (QED) is 0.654. The zero-order chi connectivity index (χ0) is 19.0. The van der Waals surface area contributed by atoms with Crippen LogP contribution in [0.2, 0.25) is 0 Å². The molecule has 2 heterocycles. The van der Waals surface area contributed by atoms with Crippen molar-refractivity contribution in [1.29, 1.82) is 0 Å². The van der Waals surface area contributed by atoms with Crippen LogP contribution in [0.25, 0.3) is 0 Å². The van der Waals surface area contributed by atoms with Crippen molar-refractivity contribution in [3.63, 3.8) is 0 Å². The largest absolute Gasteiger partial charge is 0.376 e. The maximum atomic E-state index is 12.7. The van der Waals surface area contributed by atoms with Crippen molar-refractivity contribution in [2.24, 2.45) is 11.8 Å². The van der Waals surface area contributed by atoms with Crippen molar-refractivity contribution in [3.8, 4) is 0 Å². The third kappa shape index (κ3) is 3.41. The highest BCUT2D eigenvalue weighted by molar-refractivity contribution is 6.22. The Labute approximate surface area is 158 Å². The molecule has 1 N–H and O–H groups in total. The Morgan fingerprint density at radius 3 is 2.63 bits per heavy atom. The van der Waals surface area contributed by atoms with Gasteiger partial charge in [-0.3, -0.25) is 19.3 Å². The van der Waals surface area contributed by atoms with Crippen LogP contribution in [-0.2, 0) is 14.3 Å². The number of amides is 3. The second-order valence-electron chi connectivity index (χ2n) is 7.61. The first-order valence-electron chi connectivity index (χ1n) is 9.58. The standard InChI is InChI=1S/C21H24N2O4/c1-13-4-9-17-18(11-13)21(26)23(20(17)25)15-7-5-14(6-8-15)19(24)22-12-16-3-2-10-27-16/h4-8,16-18H,2-3,9-12H2,1H3,(H,22,24)/t16-,17-,18+/m0/s1. The highest BCUT2D eigenvalue weighted by Gasteiger charge is 2.48. The van der Waals surface area contributed by atoms with Gasteiger partial charge in [-0.2, -0.15) is 0 Å². The van der Waals surface area contributed by atoms with Crippen molar-refractivity contribution < 1.29 is 19.1 Å². The lowest BCUT2D eigenvalue weighted by atomic mass is 9.82. The van der Waals surface area contributed by atoms with Crippen LogP contribution < -0.4 is 10.2 Å². The van der Waals surface area contributed by atoms with Gasteiger partial charge in [-0.1, -0.05) is 11.6 Å². The molecule has 3 amide bonds. The van der Waals surface area contributed by atoms with Crippen molar-refractivity contribution >= 4 is 23.4 Å². The number of rotatable bonds is 4. The smallest absolute Gasteiger partial charge is 0.251 e. The second kappa shape index (κ2) is 7.27. The normalized spacial score (nSPS) is 27.5. The Morgan fingerprint density at radius 2 is 1.93 bits per heavy atom. The van der Waals surface area contributed by atoms with E-state index in [1.807, 2.05) is 6.92 Å². The molecule has 0 spiro atoms. The molecule has 0 saturated carbocycles. The Kier molecular flexibility index (Phi) is 4.83. The summed E-state index contributed by atoms with van der Waals surface area (Å²) in [5.41, 5.74) is 2.20. The molecule has 6 nitrogen and oxygen atoms in total. The summed E-state index contributed by atoms with van der Waals surface area (Å²) in [6.07, 6.45) is 5.42. The third-order valence-electron chi connectivity index (χ3n) is 5.72. The number of hydrogen-bond donors (Lipinski definition) is 1. The molecule has 6 heteroatoms. The van der Waals surface area contributed by atoms with Crippen molar-refractivity contribution in [2.45, 2.75) is 38.7 Å². The lowest BCUT2D eigenvalue weighted by Crippen LogP contribution is -2.32. The molecule has 142 valence electrons. The van der Waals surface area contributed by atoms with E-state index in [0.29, 0.717) is 30.6 Å². The van der Waals surface area contributed by atoms with Gasteiger partial charge in [-0.25, -0.2) is 0 Å². The van der Waals surface area contributed by atoms with E-state index in [-0.39, 0.29) is 35.7 Å².